The molecule has 19 heavy (non-hydrogen) atoms. The highest BCUT2D eigenvalue weighted by atomic mass is 32.2. The van der Waals surface area contributed by atoms with Crippen LogP contribution in [0.5, 0.6) is 0 Å². The van der Waals surface area contributed by atoms with Crippen LogP contribution in [0.2, 0.25) is 0 Å². The molecule has 0 bridgehead atoms. The van der Waals surface area contributed by atoms with Gasteiger partial charge in [0.25, 0.3) is 0 Å². The Bertz CT molecular complexity index is 407. The first-order valence-corrected chi connectivity index (χ1v) is 7.01. The lowest BCUT2D eigenvalue weighted by Gasteiger charge is -2.29. The molecule has 0 saturated carbocycles. The van der Waals surface area contributed by atoms with Crippen LogP contribution in [-0.4, -0.2) is 18.2 Å². The fourth-order valence-corrected chi connectivity index (χ4v) is 2.74. The third-order valence-electron chi connectivity index (χ3n) is 3.10. The molecule has 2 rings (SSSR count). The highest BCUT2D eigenvalue weighted by molar-refractivity contribution is 8.00. The van der Waals surface area contributed by atoms with E-state index < -0.39 is 5.51 Å². The summed E-state index contributed by atoms with van der Waals surface area (Å²) in [5.41, 5.74) is 2.26. The minimum absolute atomic E-state index is 0.0489. The maximum atomic E-state index is 12.2. The van der Waals surface area contributed by atoms with Gasteiger partial charge in [0.05, 0.1) is 12.2 Å². The van der Waals surface area contributed by atoms with E-state index in [1.165, 1.54) is 12.1 Å². The van der Waals surface area contributed by atoms with Gasteiger partial charge in [0.15, 0.2) is 0 Å². The predicted octanol–water partition coefficient (Wildman–Crippen LogP) is 3.87. The van der Waals surface area contributed by atoms with Crippen LogP contribution in [0.4, 0.5) is 13.2 Å². The van der Waals surface area contributed by atoms with Gasteiger partial charge in [-0.05, 0) is 48.7 Å². The number of alkyl halides is 3. The second-order valence-electron chi connectivity index (χ2n) is 4.53. The van der Waals surface area contributed by atoms with E-state index in [4.69, 9.17) is 10.5 Å². The van der Waals surface area contributed by atoms with Gasteiger partial charge in [0.1, 0.15) is 0 Å². The molecular weight excluding hydrogens is 275 g/mol. The number of hydrogen-bond donors (Lipinski definition) is 1. The molecule has 2 atom stereocenters. The first-order valence-electron chi connectivity index (χ1n) is 6.19. The Morgan fingerprint density at radius 1 is 1.21 bits per heavy atom. The monoisotopic (exact) mass is 291 g/mol. The largest absolute Gasteiger partial charge is 0.446 e. The molecule has 106 valence electrons. The van der Waals surface area contributed by atoms with E-state index in [1.807, 2.05) is 0 Å². The summed E-state index contributed by atoms with van der Waals surface area (Å²) < 4.78 is 42.5. The second kappa shape index (κ2) is 6.15. The van der Waals surface area contributed by atoms with Crippen molar-refractivity contribution in [1.29, 1.82) is 0 Å². The number of hydrogen-bond acceptors (Lipinski definition) is 3. The van der Waals surface area contributed by atoms with Gasteiger partial charge in [0, 0.05) is 11.4 Å². The molecule has 1 aliphatic rings. The van der Waals surface area contributed by atoms with E-state index in [1.54, 1.807) is 12.1 Å². The van der Waals surface area contributed by atoms with E-state index in [2.05, 4.69) is 0 Å². The van der Waals surface area contributed by atoms with Crippen LogP contribution < -0.4 is 5.73 Å². The van der Waals surface area contributed by atoms with Crippen molar-refractivity contribution in [2.75, 3.05) is 6.54 Å². The molecular formula is C13H16F3NOS. The summed E-state index contributed by atoms with van der Waals surface area (Å²) in [4.78, 5) is 0.197. The summed E-state index contributed by atoms with van der Waals surface area (Å²) >= 11 is -0.0997. The van der Waals surface area contributed by atoms with Gasteiger partial charge in [-0.3, -0.25) is 0 Å². The molecule has 2 nitrogen and oxygen atoms in total. The number of ether oxygens (including phenoxy) is 1. The van der Waals surface area contributed by atoms with Crippen LogP contribution in [-0.2, 0) is 4.74 Å². The Hall–Kier alpha value is -0.720. The van der Waals surface area contributed by atoms with Crippen molar-refractivity contribution in [2.24, 2.45) is 5.73 Å². The average Bonchev–Trinajstić information content (AvgIpc) is 2.38. The standard InChI is InChI=1S/C13H16F3NOS/c14-13(15,16)19-11-6-4-9(5-7-11)12-3-1-2-10(8-17)18-12/h4-7,10,12H,1-3,8,17H2/t10-,12?/m1/s1. The Morgan fingerprint density at radius 3 is 2.47 bits per heavy atom. The third kappa shape index (κ3) is 4.40. The number of rotatable bonds is 3. The van der Waals surface area contributed by atoms with Crippen LogP contribution in [0.25, 0.3) is 0 Å². The Labute approximate surface area is 114 Å². The van der Waals surface area contributed by atoms with Crippen molar-refractivity contribution in [3.8, 4) is 0 Å². The van der Waals surface area contributed by atoms with Gasteiger partial charge in [-0.1, -0.05) is 12.1 Å². The van der Waals surface area contributed by atoms with Crippen molar-refractivity contribution >= 4 is 11.8 Å². The van der Waals surface area contributed by atoms with Crippen LogP contribution >= 0.6 is 11.8 Å². The highest BCUT2D eigenvalue weighted by Gasteiger charge is 2.29. The minimum Gasteiger partial charge on any atom is -0.369 e. The molecule has 1 saturated heterocycles. The molecule has 0 radical (unpaired) electrons. The summed E-state index contributed by atoms with van der Waals surface area (Å²) in [6.07, 6.45) is 2.89. The fraction of sp³-hybridized carbons (Fsp3) is 0.538. The maximum absolute atomic E-state index is 12.2. The van der Waals surface area contributed by atoms with Gasteiger partial charge < -0.3 is 10.5 Å². The minimum atomic E-state index is -4.24. The fourth-order valence-electron chi connectivity index (χ4n) is 2.20. The van der Waals surface area contributed by atoms with Gasteiger partial charge >= 0.3 is 5.51 Å². The maximum Gasteiger partial charge on any atom is 0.446 e. The number of halogens is 3. The smallest absolute Gasteiger partial charge is 0.369 e. The van der Waals surface area contributed by atoms with Crippen LogP contribution in [0.1, 0.15) is 30.9 Å². The summed E-state index contributed by atoms with van der Waals surface area (Å²) in [7, 11) is 0. The van der Waals surface area contributed by atoms with E-state index in [9.17, 15) is 13.2 Å². The molecule has 0 aromatic heterocycles. The summed E-state index contributed by atoms with van der Waals surface area (Å²) in [5.74, 6) is 0. The van der Waals surface area contributed by atoms with Crippen molar-refractivity contribution in [3.05, 3.63) is 29.8 Å². The molecule has 1 aliphatic heterocycles. The van der Waals surface area contributed by atoms with Crippen molar-refractivity contribution in [1.82, 2.24) is 0 Å². The lowest BCUT2D eigenvalue weighted by atomic mass is 9.98. The van der Waals surface area contributed by atoms with Gasteiger partial charge in [-0.25, -0.2) is 0 Å². The number of benzene rings is 1. The summed E-state index contributed by atoms with van der Waals surface area (Å²) in [5, 5.41) is 0. The quantitative estimate of drug-likeness (QED) is 0.859. The van der Waals surface area contributed by atoms with Crippen molar-refractivity contribution in [2.45, 2.75) is 41.9 Å². The van der Waals surface area contributed by atoms with E-state index in [0.29, 0.717) is 6.54 Å². The van der Waals surface area contributed by atoms with Crippen LogP contribution in [0.15, 0.2) is 29.2 Å². The summed E-state index contributed by atoms with van der Waals surface area (Å²) in [6.45, 7) is 0.485. The second-order valence-corrected chi connectivity index (χ2v) is 5.67. The van der Waals surface area contributed by atoms with Gasteiger partial charge in [0.2, 0.25) is 0 Å². The van der Waals surface area contributed by atoms with Crippen molar-refractivity contribution in [3.63, 3.8) is 0 Å². The zero-order chi connectivity index (χ0) is 13.9. The first-order chi connectivity index (χ1) is 8.98. The van der Waals surface area contributed by atoms with Crippen LogP contribution in [0, 0.1) is 0 Å². The molecule has 1 aromatic rings. The molecule has 2 N–H and O–H groups in total. The first kappa shape index (κ1) is 14.7. The third-order valence-corrected chi connectivity index (χ3v) is 3.84. The molecule has 0 amide bonds. The molecule has 6 heteroatoms. The highest BCUT2D eigenvalue weighted by Crippen LogP contribution is 2.38. The van der Waals surface area contributed by atoms with Crippen LogP contribution in [0.3, 0.4) is 0 Å². The van der Waals surface area contributed by atoms with Crippen molar-refractivity contribution < 1.29 is 17.9 Å². The Morgan fingerprint density at radius 2 is 1.89 bits per heavy atom. The lowest BCUT2D eigenvalue weighted by Crippen LogP contribution is -2.29. The normalized spacial score (nSPS) is 24.4. The van der Waals surface area contributed by atoms with E-state index in [0.717, 1.165) is 24.8 Å². The van der Waals surface area contributed by atoms with E-state index >= 15 is 0 Å². The molecule has 0 aliphatic carbocycles. The van der Waals surface area contributed by atoms with Gasteiger partial charge in [-0.2, -0.15) is 13.2 Å². The zero-order valence-electron chi connectivity index (χ0n) is 10.3. The average molecular weight is 291 g/mol. The zero-order valence-corrected chi connectivity index (χ0v) is 11.1. The molecule has 1 heterocycles. The predicted molar refractivity (Wildman–Crippen MR) is 68.9 cm³/mol. The molecule has 1 aromatic carbocycles. The molecule has 1 fully saturated rings. The van der Waals surface area contributed by atoms with E-state index in [-0.39, 0.29) is 28.9 Å². The topological polar surface area (TPSA) is 35.2 Å². The SMILES string of the molecule is NC[C@H]1CCCC(c2ccc(SC(F)(F)F)cc2)O1. The number of nitrogens with two attached hydrogens (primary N) is 1. The number of thioether (sulfide) groups is 1. The molecule has 1 unspecified atom stereocenters. The molecule has 0 spiro atoms. The Kier molecular flexibility index (Phi) is 4.76. The Balaban J connectivity index is 2.01. The lowest BCUT2D eigenvalue weighted by molar-refractivity contribution is -0.0462. The van der Waals surface area contributed by atoms with Gasteiger partial charge in [-0.15, -0.1) is 0 Å². The summed E-state index contributed by atoms with van der Waals surface area (Å²) in [6, 6.07) is 6.39.